The molecule has 46 valence electrons. The van der Waals surface area contributed by atoms with Crippen LogP contribution >= 0.6 is 23.4 Å². The summed E-state index contributed by atoms with van der Waals surface area (Å²) in [4.78, 5) is 10.1. The van der Waals surface area contributed by atoms with Crippen molar-refractivity contribution in [2.45, 2.75) is 0 Å². The number of carboxylic acids is 1. The largest absolute Gasteiger partial charge is 0.477 e. The van der Waals surface area contributed by atoms with Crippen LogP contribution < -0.4 is 0 Å². The van der Waals surface area contributed by atoms with Crippen molar-refractivity contribution in [1.82, 2.24) is 0 Å². The summed E-state index contributed by atoms with van der Waals surface area (Å²) in [7, 11) is 0. The summed E-state index contributed by atoms with van der Waals surface area (Å²) in [6, 6.07) is 0. The average Bonchev–Trinajstić information content (AvgIpc) is 1.69. The summed E-state index contributed by atoms with van der Waals surface area (Å²) >= 11 is 6.21. The van der Waals surface area contributed by atoms with E-state index in [1.165, 1.54) is 0 Å². The van der Waals surface area contributed by atoms with Crippen LogP contribution in [0.3, 0.4) is 0 Å². The Hall–Kier alpha value is -0.150. The van der Waals surface area contributed by atoms with Crippen LogP contribution in [-0.2, 0) is 4.79 Å². The van der Waals surface area contributed by atoms with Crippen LogP contribution in [0.1, 0.15) is 0 Å². The molecule has 0 radical (unpaired) electrons. The smallest absolute Gasteiger partial charge is 0.343 e. The van der Waals surface area contributed by atoms with Crippen molar-refractivity contribution in [1.29, 1.82) is 0 Å². The zero-order valence-electron chi connectivity index (χ0n) is 4.22. The number of hydrogen-bond acceptors (Lipinski definition) is 2. The summed E-state index contributed by atoms with van der Waals surface area (Å²) in [6.45, 7) is 0. The van der Waals surface area contributed by atoms with Gasteiger partial charge in [-0.2, -0.15) is 0 Å². The monoisotopic (exact) mass is 152 g/mol. The zero-order chi connectivity index (χ0) is 6.57. The predicted molar refractivity (Wildman–Crippen MR) is 35.1 cm³/mol. The van der Waals surface area contributed by atoms with Gasteiger partial charge < -0.3 is 5.11 Å². The number of carboxylic acid groups (broad SMARTS) is 1. The van der Waals surface area contributed by atoms with Crippen LogP contribution in [-0.4, -0.2) is 17.3 Å². The van der Waals surface area contributed by atoms with E-state index in [1.54, 1.807) is 6.26 Å². The quantitative estimate of drug-likeness (QED) is 0.610. The molecule has 0 aromatic carbocycles. The van der Waals surface area contributed by atoms with Gasteiger partial charge in [0, 0.05) is 5.54 Å². The highest BCUT2D eigenvalue weighted by atomic mass is 35.5. The lowest BCUT2D eigenvalue weighted by Gasteiger charge is -1.89. The minimum absolute atomic E-state index is 0.159. The molecular formula is C4H5ClO2S. The van der Waals surface area contributed by atoms with Gasteiger partial charge in [-0.3, -0.25) is 0 Å². The second kappa shape index (κ2) is 3.80. The first-order chi connectivity index (χ1) is 3.72. The molecule has 0 saturated heterocycles. The third-order valence-corrected chi connectivity index (χ3v) is 1.61. The van der Waals surface area contributed by atoms with Gasteiger partial charge in [-0.25, -0.2) is 4.79 Å². The van der Waals surface area contributed by atoms with Gasteiger partial charge in [0.1, 0.15) is 4.91 Å². The van der Waals surface area contributed by atoms with Gasteiger partial charge >= 0.3 is 5.97 Å². The third-order valence-electron chi connectivity index (χ3n) is 0.530. The Balaban J connectivity index is 3.92. The number of halogens is 1. The minimum atomic E-state index is -0.979. The number of rotatable bonds is 2. The molecule has 0 aliphatic carbocycles. The Morgan fingerprint density at radius 3 is 2.38 bits per heavy atom. The first kappa shape index (κ1) is 7.85. The molecule has 1 N–H and O–H groups in total. The maximum atomic E-state index is 9.99. The average molecular weight is 153 g/mol. The topological polar surface area (TPSA) is 37.3 Å². The molecule has 0 saturated carbocycles. The number of carbonyl (C=O) groups is 1. The zero-order valence-corrected chi connectivity index (χ0v) is 5.79. The lowest BCUT2D eigenvalue weighted by Crippen LogP contribution is -1.93. The van der Waals surface area contributed by atoms with E-state index in [4.69, 9.17) is 16.7 Å². The summed E-state index contributed by atoms with van der Waals surface area (Å²) in [5.41, 5.74) is 1.05. The van der Waals surface area contributed by atoms with Gasteiger partial charge in [0.05, 0.1) is 0 Å². The molecule has 0 aromatic heterocycles. The maximum absolute atomic E-state index is 9.99. The molecule has 0 unspecified atom stereocenters. The van der Waals surface area contributed by atoms with Gasteiger partial charge in [-0.15, -0.1) is 11.8 Å². The molecule has 0 aromatic rings. The molecule has 0 aliphatic heterocycles. The molecular weight excluding hydrogens is 148 g/mol. The Labute approximate surface area is 56.5 Å². The molecule has 2 nitrogen and oxygen atoms in total. The van der Waals surface area contributed by atoms with Gasteiger partial charge in [0.25, 0.3) is 0 Å². The van der Waals surface area contributed by atoms with Crippen LogP contribution in [0.2, 0.25) is 0 Å². The van der Waals surface area contributed by atoms with Crippen molar-refractivity contribution in [3.8, 4) is 0 Å². The Kier molecular flexibility index (Phi) is 3.73. The Bertz CT molecular complexity index is 121. The fourth-order valence-corrected chi connectivity index (χ4v) is 0.803. The summed E-state index contributed by atoms with van der Waals surface area (Å²) in [5, 5.41) is 8.20. The Morgan fingerprint density at radius 2 is 2.38 bits per heavy atom. The molecule has 0 aliphatic rings. The fourth-order valence-electron chi connectivity index (χ4n) is 0.179. The molecule has 0 spiro atoms. The van der Waals surface area contributed by atoms with Gasteiger partial charge in [-0.05, 0) is 6.26 Å². The van der Waals surface area contributed by atoms with E-state index < -0.39 is 5.97 Å². The third kappa shape index (κ3) is 2.23. The van der Waals surface area contributed by atoms with Gasteiger partial charge in [0.2, 0.25) is 0 Å². The maximum Gasteiger partial charge on any atom is 0.343 e. The second-order valence-corrected chi connectivity index (χ2v) is 2.05. The van der Waals surface area contributed by atoms with Gasteiger partial charge in [-0.1, -0.05) is 11.6 Å². The highest BCUT2D eigenvalue weighted by molar-refractivity contribution is 8.03. The van der Waals surface area contributed by atoms with E-state index in [2.05, 4.69) is 0 Å². The van der Waals surface area contributed by atoms with Crippen LogP contribution in [0.15, 0.2) is 10.4 Å². The lowest BCUT2D eigenvalue weighted by molar-refractivity contribution is -0.131. The van der Waals surface area contributed by atoms with Crippen LogP contribution in [0.5, 0.6) is 0 Å². The van der Waals surface area contributed by atoms with Crippen molar-refractivity contribution in [3.05, 3.63) is 10.4 Å². The predicted octanol–water partition coefficient (Wildman–Crippen LogP) is 1.51. The molecule has 0 rings (SSSR count). The molecule has 8 heavy (non-hydrogen) atoms. The van der Waals surface area contributed by atoms with Crippen LogP contribution in [0, 0.1) is 0 Å². The molecule has 4 heteroatoms. The number of thioether (sulfide) groups is 1. The molecule has 0 amide bonds. The summed E-state index contributed by atoms with van der Waals surface area (Å²) in [6.07, 6.45) is 1.66. The second-order valence-electron chi connectivity index (χ2n) is 0.983. The standard InChI is InChI=1S/C4H5ClO2S/c1-8-3(2-5)4(6)7/h2H,1H3,(H,6,7). The van der Waals surface area contributed by atoms with Crippen molar-refractivity contribution in [3.63, 3.8) is 0 Å². The summed E-state index contributed by atoms with van der Waals surface area (Å²) < 4.78 is 0. The highest BCUT2D eigenvalue weighted by Gasteiger charge is 2.01. The molecule has 0 bridgehead atoms. The molecule has 0 fully saturated rings. The highest BCUT2D eigenvalue weighted by Crippen LogP contribution is 2.11. The van der Waals surface area contributed by atoms with Crippen LogP contribution in [0.4, 0.5) is 0 Å². The van der Waals surface area contributed by atoms with E-state index in [1.807, 2.05) is 0 Å². The van der Waals surface area contributed by atoms with Crippen molar-refractivity contribution in [2.75, 3.05) is 6.26 Å². The van der Waals surface area contributed by atoms with E-state index in [0.29, 0.717) is 0 Å². The van der Waals surface area contributed by atoms with E-state index >= 15 is 0 Å². The van der Waals surface area contributed by atoms with Gasteiger partial charge in [0.15, 0.2) is 0 Å². The first-order valence-corrected chi connectivity index (χ1v) is 3.46. The summed E-state index contributed by atoms with van der Waals surface area (Å²) in [5.74, 6) is -0.979. The lowest BCUT2D eigenvalue weighted by atomic mass is 10.7. The molecule has 0 atom stereocenters. The number of hydrogen-bond donors (Lipinski definition) is 1. The van der Waals surface area contributed by atoms with Crippen molar-refractivity contribution < 1.29 is 9.90 Å². The SMILES string of the molecule is CSC(=CCl)C(=O)O. The first-order valence-electron chi connectivity index (χ1n) is 1.80. The normalized spacial score (nSPS) is 11.5. The minimum Gasteiger partial charge on any atom is -0.477 e. The molecule has 0 heterocycles. The van der Waals surface area contributed by atoms with Crippen molar-refractivity contribution >= 4 is 29.3 Å². The van der Waals surface area contributed by atoms with E-state index in [-0.39, 0.29) is 4.91 Å². The van der Waals surface area contributed by atoms with Crippen LogP contribution in [0.25, 0.3) is 0 Å². The number of aliphatic carboxylic acids is 1. The van der Waals surface area contributed by atoms with Crippen molar-refractivity contribution in [2.24, 2.45) is 0 Å². The fraction of sp³-hybridized carbons (Fsp3) is 0.250. The van der Waals surface area contributed by atoms with E-state index in [0.717, 1.165) is 17.3 Å². The Morgan fingerprint density at radius 1 is 1.88 bits per heavy atom. The van der Waals surface area contributed by atoms with E-state index in [9.17, 15) is 4.79 Å².